The van der Waals surface area contributed by atoms with Gasteiger partial charge in [0.1, 0.15) is 0 Å². The Balaban J connectivity index is 1.45. The summed E-state index contributed by atoms with van der Waals surface area (Å²) in [4.78, 5) is 47.3. The van der Waals surface area contributed by atoms with E-state index in [2.05, 4.69) is 16.3 Å². The number of urea groups is 1. The number of carbonyl (C=O) groups is 1. The van der Waals surface area contributed by atoms with Crippen molar-refractivity contribution >= 4 is 28.8 Å². The highest BCUT2D eigenvalue weighted by Gasteiger charge is 2.27. The first-order chi connectivity index (χ1) is 17.7. The number of piperazine rings is 1. The summed E-state index contributed by atoms with van der Waals surface area (Å²) in [7, 11) is 3.12. The maximum Gasteiger partial charge on any atom is 0.332 e. The van der Waals surface area contributed by atoms with Crippen molar-refractivity contribution in [3.8, 4) is 0 Å². The van der Waals surface area contributed by atoms with E-state index in [0.717, 1.165) is 26.9 Å². The van der Waals surface area contributed by atoms with Gasteiger partial charge in [-0.1, -0.05) is 47.5 Å². The molecule has 1 N–H and O–H groups in total. The van der Waals surface area contributed by atoms with E-state index in [-0.39, 0.29) is 11.6 Å². The first-order valence-electron chi connectivity index (χ1n) is 12.3. The summed E-state index contributed by atoms with van der Waals surface area (Å²) >= 11 is 0. The zero-order valence-electron chi connectivity index (χ0n) is 21.6. The molecule has 2 aromatic heterocycles. The number of aromatic nitrogens is 4. The number of anilines is 2. The summed E-state index contributed by atoms with van der Waals surface area (Å²) in [5.41, 5.74) is 4.00. The standard InChI is InChI=1S/C27H31N7O3/c1-18-8-10-21(11-9-18)28-26(36)33-14-12-32(13-15-33)25-29-23-22(24(35)31(4)27(37)30(23)3)34(25)17-20-7-5-6-19(2)16-20/h5-11,16H,12-15,17H2,1-4H3,(H,28,36). The molecule has 1 saturated heterocycles. The van der Waals surface area contributed by atoms with Crippen molar-refractivity contribution in [1.82, 2.24) is 23.6 Å². The van der Waals surface area contributed by atoms with Crippen LogP contribution in [0.25, 0.3) is 11.2 Å². The minimum absolute atomic E-state index is 0.145. The second-order valence-electron chi connectivity index (χ2n) is 9.64. The van der Waals surface area contributed by atoms with Crippen LogP contribution in [0.5, 0.6) is 0 Å². The van der Waals surface area contributed by atoms with Crippen molar-refractivity contribution in [2.45, 2.75) is 20.4 Å². The molecule has 192 valence electrons. The maximum atomic E-state index is 13.2. The van der Waals surface area contributed by atoms with Gasteiger partial charge in [-0.05, 0) is 31.5 Å². The number of fused-ring (bicyclic) bond motifs is 1. The lowest BCUT2D eigenvalue weighted by Crippen LogP contribution is -2.50. The smallest absolute Gasteiger partial charge is 0.332 e. The molecule has 1 fully saturated rings. The molecular formula is C27H31N7O3. The van der Waals surface area contributed by atoms with E-state index >= 15 is 0 Å². The van der Waals surface area contributed by atoms with Gasteiger partial charge in [-0.2, -0.15) is 4.98 Å². The van der Waals surface area contributed by atoms with Crippen LogP contribution >= 0.6 is 0 Å². The van der Waals surface area contributed by atoms with Gasteiger partial charge in [-0.25, -0.2) is 9.59 Å². The summed E-state index contributed by atoms with van der Waals surface area (Å²) < 4.78 is 4.43. The molecule has 1 aliphatic rings. The summed E-state index contributed by atoms with van der Waals surface area (Å²) in [5.74, 6) is 0.619. The Kier molecular flexibility index (Phi) is 6.32. The second kappa shape index (κ2) is 9.61. The van der Waals surface area contributed by atoms with Crippen LogP contribution in [0.2, 0.25) is 0 Å². The molecule has 2 aromatic carbocycles. The van der Waals surface area contributed by atoms with Crippen molar-refractivity contribution < 1.29 is 4.79 Å². The Bertz CT molecular complexity index is 1590. The third-order valence-corrected chi connectivity index (χ3v) is 6.90. The topological polar surface area (TPSA) is 97.4 Å². The highest BCUT2D eigenvalue weighted by Crippen LogP contribution is 2.23. The number of benzene rings is 2. The average Bonchev–Trinajstić information content (AvgIpc) is 3.27. The van der Waals surface area contributed by atoms with Crippen molar-refractivity contribution in [2.75, 3.05) is 36.4 Å². The van der Waals surface area contributed by atoms with Gasteiger partial charge in [0.25, 0.3) is 5.56 Å². The van der Waals surface area contributed by atoms with E-state index in [1.54, 1.807) is 11.9 Å². The quantitative estimate of drug-likeness (QED) is 0.463. The van der Waals surface area contributed by atoms with E-state index in [1.165, 1.54) is 11.6 Å². The predicted octanol–water partition coefficient (Wildman–Crippen LogP) is 2.45. The molecule has 0 saturated carbocycles. The molecule has 10 heteroatoms. The van der Waals surface area contributed by atoms with E-state index in [9.17, 15) is 14.4 Å². The number of carbonyl (C=O) groups excluding carboxylic acids is 1. The molecule has 2 amide bonds. The first kappa shape index (κ1) is 24.4. The van der Waals surface area contributed by atoms with Gasteiger partial charge in [0, 0.05) is 46.0 Å². The summed E-state index contributed by atoms with van der Waals surface area (Å²) in [6.07, 6.45) is 0. The predicted molar refractivity (Wildman–Crippen MR) is 144 cm³/mol. The number of nitrogens with zero attached hydrogens (tertiary/aromatic N) is 6. The molecule has 37 heavy (non-hydrogen) atoms. The number of amides is 2. The van der Waals surface area contributed by atoms with Crippen LogP contribution in [-0.2, 0) is 20.6 Å². The van der Waals surface area contributed by atoms with E-state index < -0.39 is 5.69 Å². The summed E-state index contributed by atoms with van der Waals surface area (Å²) in [6.45, 7) is 6.57. The number of aryl methyl sites for hydroxylation is 3. The monoisotopic (exact) mass is 501 g/mol. The lowest BCUT2D eigenvalue weighted by molar-refractivity contribution is 0.208. The lowest BCUT2D eigenvalue weighted by Gasteiger charge is -2.35. The third-order valence-electron chi connectivity index (χ3n) is 6.90. The summed E-state index contributed by atoms with van der Waals surface area (Å²) in [5, 5.41) is 2.96. The fourth-order valence-electron chi connectivity index (χ4n) is 4.77. The Morgan fingerprint density at radius 2 is 1.62 bits per heavy atom. The van der Waals surface area contributed by atoms with Crippen molar-refractivity contribution in [2.24, 2.45) is 14.1 Å². The van der Waals surface area contributed by atoms with Gasteiger partial charge in [0.05, 0.1) is 6.54 Å². The molecular weight excluding hydrogens is 470 g/mol. The van der Waals surface area contributed by atoms with E-state index in [1.807, 2.05) is 60.9 Å². The molecule has 1 aliphatic heterocycles. The van der Waals surface area contributed by atoms with Crippen LogP contribution in [0.4, 0.5) is 16.4 Å². The van der Waals surface area contributed by atoms with Crippen molar-refractivity contribution in [1.29, 1.82) is 0 Å². The number of hydrogen-bond donors (Lipinski definition) is 1. The molecule has 3 heterocycles. The number of rotatable bonds is 4. The van der Waals surface area contributed by atoms with E-state index in [4.69, 9.17) is 4.98 Å². The van der Waals surface area contributed by atoms with Crippen LogP contribution in [-0.4, -0.2) is 55.8 Å². The Labute approximate surface area is 214 Å². The zero-order chi connectivity index (χ0) is 26.3. The van der Waals surface area contributed by atoms with Gasteiger partial charge in [-0.3, -0.25) is 18.5 Å². The molecule has 0 bridgehead atoms. The summed E-state index contributed by atoms with van der Waals surface area (Å²) in [6, 6.07) is 15.7. The minimum Gasteiger partial charge on any atom is -0.339 e. The zero-order valence-corrected chi connectivity index (χ0v) is 21.6. The van der Waals surface area contributed by atoms with Crippen LogP contribution < -0.4 is 21.5 Å². The normalized spacial score (nSPS) is 13.8. The van der Waals surface area contributed by atoms with Gasteiger partial charge in [0.15, 0.2) is 11.2 Å². The fraction of sp³-hybridized carbons (Fsp3) is 0.333. The molecule has 5 rings (SSSR count). The SMILES string of the molecule is Cc1ccc(NC(=O)N2CCN(c3nc4c(c(=O)n(C)c(=O)n4C)n3Cc3cccc(C)c3)CC2)cc1. The Morgan fingerprint density at radius 1 is 0.919 bits per heavy atom. The van der Waals surface area contributed by atoms with Crippen LogP contribution in [0.15, 0.2) is 58.1 Å². The van der Waals surface area contributed by atoms with Crippen LogP contribution in [0, 0.1) is 13.8 Å². The molecule has 4 aromatic rings. The Morgan fingerprint density at radius 3 is 2.30 bits per heavy atom. The van der Waals surface area contributed by atoms with Crippen molar-refractivity contribution in [3.63, 3.8) is 0 Å². The average molecular weight is 502 g/mol. The third kappa shape index (κ3) is 4.62. The highest BCUT2D eigenvalue weighted by atomic mass is 16.2. The minimum atomic E-state index is -0.415. The lowest BCUT2D eigenvalue weighted by atomic mass is 10.1. The fourth-order valence-corrected chi connectivity index (χ4v) is 4.77. The molecule has 10 nitrogen and oxygen atoms in total. The Hall–Kier alpha value is -4.34. The molecule has 0 radical (unpaired) electrons. The molecule has 0 aliphatic carbocycles. The van der Waals surface area contributed by atoms with Crippen LogP contribution in [0.3, 0.4) is 0 Å². The highest BCUT2D eigenvalue weighted by molar-refractivity contribution is 5.89. The number of imidazole rings is 1. The maximum absolute atomic E-state index is 13.2. The van der Waals surface area contributed by atoms with Crippen LogP contribution in [0.1, 0.15) is 16.7 Å². The molecule has 0 atom stereocenters. The molecule has 0 unspecified atom stereocenters. The second-order valence-corrected chi connectivity index (χ2v) is 9.64. The largest absolute Gasteiger partial charge is 0.339 e. The number of hydrogen-bond acceptors (Lipinski definition) is 5. The van der Waals surface area contributed by atoms with Gasteiger partial charge in [0.2, 0.25) is 5.95 Å². The van der Waals surface area contributed by atoms with Gasteiger partial charge >= 0.3 is 11.7 Å². The van der Waals surface area contributed by atoms with E-state index in [0.29, 0.717) is 49.8 Å². The van der Waals surface area contributed by atoms with Gasteiger partial charge in [-0.15, -0.1) is 0 Å². The van der Waals surface area contributed by atoms with Gasteiger partial charge < -0.3 is 15.1 Å². The molecule has 0 spiro atoms. The first-order valence-corrected chi connectivity index (χ1v) is 12.3. The van der Waals surface area contributed by atoms with Crippen molar-refractivity contribution in [3.05, 3.63) is 86.1 Å². The number of nitrogens with one attached hydrogen (secondary N) is 1.